The molecule has 0 radical (unpaired) electrons. The van der Waals surface area contributed by atoms with E-state index >= 15 is 0 Å². The molecule has 0 aliphatic heterocycles. The molecule has 10 nitrogen and oxygen atoms in total. The lowest BCUT2D eigenvalue weighted by molar-refractivity contribution is -0.142. The van der Waals surface area contributed by atoms with E-state index in [0.29, 0.717) is 12.0 Å². The van der Waals surface area contributed by atoms with Gasteiger partial charge in [-0.1, -0.05) is 61.5 Å². The van der Waals surface area contributed by atoms with Gasteiger partial charge in [-0.05, 0) is 41.9 Å². The molecule has 0 bridgehead atoms. The van der Waals surface area contributed by atoms with Gasteiger partial charge in [0.25, 0.3) is 0 Å². The van der Waals surface area contributed by atoms with Crippen LogP contribution in [0.25, 0.3) is 0 Å². The van der Waals surface area contributed by atoms with Gasteiger partial charge in [0.15, 0.2) is 11.5 Å². The first-order valence-electron chi connectivity index (χ1n) is 13.1. The van der Waals surface area contributed by atoms with Crippen LogP contribution in [0, 0.1) is 29.6 Å². The van der Waals surface area contributed by atoms with E-state index in [0.717, 1.165) is 0 Å². The molecule has 0 saturated heterocycles. The summed E-state index contributed by atoms with van der Waals surface area (Å²) in [6.45, 7) is 14.6. The van der Waals surface area contributed by atoms with E-state index in [-0.39, 0.29) is 36.5 Å². The number of hydrogen-bond donors (Lipinski definition) is 2. The molecule has 0 saturated carbocycles. The fraction of sp³-hybridized carbons (Fsp3) is 0.643. The summed E-state index contributed by atoms with van der Waals surface area (Å²) in [6, 6.07) is 3.10. The number of carbonyl (C=O) groups excluding carboxylic acids is 3. The highest BCUT2D eigenvalue weighted by molar-refractivity contribution is 5.79. The van der Waals surface area contributed by atoms with Crippen molar-refractivity contribution < 1.29 is 43.2 Å². The summed E-state index contributed by atoms with van der Waals surface area (Å²) in [6.07, 6.45) is -0.235. The molecule has 3 N–H and O–H groups in total. The Balaban J connectivity index is 3.43. The van der Waals surface area contributed by atoms with Crippen LogP contribution in [-0.4, -0.2) is 48.4 Å². The van der Waals surface area contributed by atoms with Crippen LogP contribution >= 0.6 is 0 Å². The Morgan fingerprint density at radius 3 is 1.84 bits per heavy atom. The van der Waals surface area contributed by atoms with E-state index in [1.807, 2.05) is 34.6 Å². The summed E-state index contributed by atoms with van der Waals surface area (Å²) in [4.78, 5) is 49.1. The van der Waals surface area contributed by atoms with E-state index < -0.39 is 53.8 Å². The number of ether oxygens (including phenoxy) is 4. The van der Waals surface area contributed by atoms with Crippen molar-refractivity contribution in [3.8, 4) is 11.5 Å². The van der Waals surface area contributed by atoms with E-state index in [4.69, 9.17) is 24.7 Å². The zero-order chi connectivity index (χ0) is 29.2. The molecule has 0 amide bonds. The lowest BCUT2D eigenvalue weighted by Gasteiger charge is -2.28. The molecule has 1 aromatic rings. The molecule has 1 rings (SSSR count). The highest BCUT2D eigenvalue weighted by atomic mass is 16.7. The first kappa shape index (κ1) is 32.9. The molecule has 0 aliphatic carbocycles. The zero-order valence-electron chi connectivity index (χ0n) is 23.7. The summed E-state index contributed by atoms with van der Waals surface area (Å²) >= 11 is 0. The first-order valence-corrected chi connectivity index (χ1v) is 13.1. The van der Waals surface area contributed by atoms with E-state index in [9.17, 15) is 24.3 Å². The van der Waals surface area contributed by atoms with Crippen molar-refractivity contribution in [1.82, 2.24) is 0 Å². The Hall–Kier alpha value is -3.14. The van der Waals surface area contributed by atoms with Gasteiger partial charge < -0.3 is 29.8 Å². The molecule has 0 aromatic heterocycles. The maximum Gasteiger partial charge on any atom is 0.508 e. The van der Waals surface area contributed by atoms with Crippen LogP contribution in [0.2, 0.25) is 0 Å². The molecule has 5 atom stereocenters. The van der Waals surface area contributed by atoms with Crippen molar-refractivity contribution in [2.24, 2.45) is 35.3 Å². The van der Waals surface area contributed by atoms with Gasteiger partial charge in [0, 0.05) is 5.92 Å². The third-order valence-corrected chi connectivity index (χ3v) is 6.69. The highest BCUT2D eigenvalue weighted by Crippen LogP contribution is 2.37. The average molecular weight is 538 g/mol. The molecule has 0 heterocycles. The fourth-order valence-corrected chi connectivity index (χ4v) is 3.42. The number of esters is 2. The standard InChI is InChI=1S/C28H43NO9/c1-9-12-35-28(34)36-14-17(6)23(24(29)25(30)31)20-10-11-21(37-26(32)18(7)15(2)3)22(13-20)38-27(33)19(8)16(4)5/h10-11,13,15-19,23-24H,9,12,14,29H2,1-8H3,(H,30,31)/t17?,18?,19?,23?,24-/m0/s1. The zero-order valence-corrected chi connectivity index (χ0v) is 23.7. The quantitative estimate of drug-likeness (QED) is 0.251. The predicted molar refractivity (Wildman–Crippen MR) is 141 cm³/mol. The number of carbonyl (C=O) groups is 4. The van der Waals surface area contributed by atoms with Crippen LogP contribution < -0.4 is 15.2 Å². The van der Waals surface area contributed by atoms with Gasteiger partial charge in [0.2, 0.25) is 0 Å². The number of hydrogen-bond acceptors (Lipinski definition) is 9. The Bertz CT molecular complexity index is 960. The van der Waals surface area contributed by atoms with Crippen molar-refractivity contribution in [2.45, 2.75) is 73.8 Å². The normalized spacial score (nSPS) is 15.2. The number of nitrogens with two attached hydrogens (primary N) is 1. The lowest BCUT2D eigenvalue weighted by Crippen LogP contribution is -2.40. The van der Waals surface area contributed by atoms with E-state index in [1.165, 1.54) is 12.1 Å². The van der Waals surface area contributed by atoms with Crippen molar-refractivity contribution in [2.75, 3.05) is 13.2 Å². The van der Waals surface area contributed by atoms with E-state index in [1.54, 1.807) is 26.8 Å². The lowest BCUT2D eigenvalue weighted by atomic mass is 9.82. The summed E-state index contributed by atoms with van der Waals surface area (Å²) in [5.74, 6) is -4.51. The van der Waals surface area contributed by atoms with Gasteiger partial charge in [-0.15, -0.1) is 0 Å². The minimum Gasteiger partial charge on any atom is -0.480 e. The van der Waals surface area contributed by atoms with Crippen molar-refractivity contribution in [3.63, 3.8) is 0 Å². The largest absolute Gasteiger partial charge is 0.508 e. The SMILES string of the molecule is CCCOC(=O)OCC(C)C(c1ccc(OC(=O)C(C)C(C)C)c(OC(=O)C(C)C(C)C)c1)[C@H](N)C(=O)O. The number of carboxylic acids is 1. The van der Waals surface area contributed by atoms with Crippen LogP contribution in [0.5, 0.6) is 11.5 Å². The molecule has 10 heteroatoms. The molecule has 214 valence electrons. The van der Waals surface area contributed by atoms with Crippen LogP contribution in [0.15, 0.2) is 18.2 Å². The van der Waals surface area contributed by atoms with Gasteiger partial charge in [-0.3, -0.25) is 14.4 Å². The number of benzene rings is 1. The summed E-state index contributed by atoms with van der Waals surface area (Å²) in [7, 11) is 0. The summed E-state index contributed by atoms with van der Waals surface area (Å²) in [5.41, 5.74) is 6.46. The number of rotatable bonds is 14. The Kier molecular flexibility index (Phi) is 13.3. The molecular formula is C28H43NO9. The molecule has 1 aromatic carbocycles. The van der Waals surface area contributed by atoms with Gasteiger partial charge >= 0.3 is 24.1 Å². The summed E-state index contributed by atoms with van der Waals surface area (Å²) in [5, 5.41) is 9.68. The number of aliphatic carboxylic acids is 1. The molecular weight excluding hydrogens is 494 g/mol. The second kappa shape index (κ2) is 15.3. The van der Waals surface area contributed by atoms with Gasteiger partial charge in [-0.25, -0.2) is 4.79 Å². The molecule has 0 aliphatic rings. The molecule has 4 unspecified atom stereocenters. The van der Waals surface area contributed by atoms with Crippen molar-refractivity contribution in [3.05, 3.63) is 23.8 Å². The first-order chi connectivity index (χ1) is 17.7. The maximum absolute atomic E-state index is 12.8. The third-order valence-electron chi connectivity index (χ3n) is 6.69. The van der Waals surface area contributed by atoms with Crippen molar-refractivity contribution in [1.29, 1.82) is 0 Å². The second-order valence-corrected chi connectivity index (χ2v) is 10.4. The van der Waals surface area contributed by atoms with Crippen LogP contribution in [0.3, 0.4) is 0 Å². The van der Waals surface area contributed by atoms with Gasteiger partial charge in [0.05, 0.1) is 25.0 Å². The monoisotopic (exact) mass is 537 g/mol. The highest BCUT2D eigenvalue weighted by Gasteiger charge is 2.33. The average Bonchev–Trinajstić information content (AvgIpc) is 2.86. The maximum atomic E-state index is 12.8. The Labute approximate surface area is 225 Å². The van der Waals surface area contributed by atoms with Crippen molar-refractivity contribution >= 4 is 24.1 Å². The topological polar surface area (TPSA) is 151 Å². The minimum absolute atomic E-state index is 0.00420. The van der Waals surface area contributed by atoms with Gasteiger partial charge in [0.1, 0.15) is 6.04 Å². The third kappa shape index (κ3) is 9.63. The van der Waals surface area contributed by atoms with Crippen LogP contribution in [-0.2, 0) is 23.9 Å². The van der Waals surface area contributed by atoms with Crippen LogP contribution in [0.1, 0.15) is 73.3 Å². The predicted octanol–water partition coefficient (Wildman–Crippen LogP) is 4.78. The summed E-state index contributed by atoms with van der Waals surface area (Å²) < 4.78 is 21.3. The fourth-order valence-electron chi connectivity index (χ4n) is 3.42. The Morgan fingerprint density at radius 2 is 1.37 bits per heavy atom. The number of carboxylic acid groups (broad SMARTS) is 1. The second-order valence-electron chi connectivity index (χ2n) is 10.4. The van der Waals surface area contributed by atoms with E-state index in [2.05, 4.69) is 0 Å². The molecule has 0 spiro atoms. The Morgan fingerprint density at radius 1 is 0.842 bits per heavy atom. The minimum atomic E-state index is -1.37. The van der Waals surface area contributed by atoms with Crippen LogP contribution in [0.4, 0.5) is 4.79 Å². The smallest absolute Gasteiger partial charge is 0.480 e. The molecule has 38 heavy (non-hydrogen) atoms. The van der Waals surface area contributed by atoms with Gasteiger partial charge in [-0.2, -0.15) is 0 Å². The molecule has 0 fully saturated rings.